The minimum Gasteiger partial charge on any atom is -0.508 e. The lowest BCUT2D eigenvalue weighted by atomic mass is 10.1. The van der Waals surface area contributed by atoms with Crippen LogP contribution in [0.15, 0.2) is 36.4 Å². The van der Waals surface area contributed by atoms with Crippen LogP contribution in [0.2, 0.25) is 0 Å². The highest BCUT2D eigenvalue weighted by Crippen LogP contribution is 2.09. The molecule has 1 rings (SSSR count). The first-order valence-electron chi connectivity index (χ1n) is 8.66. The van der Waals surface area contributed by atoms with Crippen LogP contribution in [0, 0.1) is 0 Å². The molecule has 1 aromatic rings. The summed E-state index contributed by atoms with van der Waals surface area (Å²) in [6, 6.07) is 5.80. The maximum absolute atomic E-state index is 11.8. The molecule has 0 aliphatic carbocycles. The van der Waals surface area contributed by atoms with Gasteiger partial charge in [-0.1, -0.05) is 51.2 Å². The molecule has 0 saturated carbocycles. The zero-order valence-corrected chi connectivity index (χ0v) is 14.4. The second kappa shape index (κ2) is 12.2. The van der Waals surface area contributed by atoms with E-state index in [0.29, 0.717) is 5.56 Å². The summed E-state index contributed by atoms with van der Waals surface area (Å²) in [6.45, 7) is 2.21. The molecular weight excluding hydrogens is 304 g/mol. The van der Waals surface area contributed by atoms with Gasteiger partial charge in [-0.25, -0.2) is 0 Å². The molecule has 132 valence electrons. The highest BCUT2D eigenvalue weighted by atomic mass is 16.3. The quantitative estimate of drug-likeness (QED) is 0.346. The van der Waals surface area contributed by atoms with Crippen molar-refractivity contribution in [3.05, 3.63) is 42.0 Å². The number of aromatic hydroxyl groups is 1. The first-order valence-corrected chi connectivity index (χ1v) is 8.66. The van der Waals surface area contributed by atoms with E-state index in [9.17, 15) is 9.59 Å². The monoisotopic (exact) mass is 332 g/mol. The Morgan fingerprint density at radius 3 is 2.33 bits per heavy atom. The molecule has 0 atom stereocenters. The molecule has 0 aromatic heterocycles. The van der Waals surface area contributed by atoms with Crippen LogP contribution in [0.1, 0.15) is 68.6 Å². The second-order valence-electron chi connectivity index (χ2n) is 5.78. The lowest BCUT2D eigenvalue weighted by molar-refractivity contribution is -0.121. The zero-order chi connectivity index (χ0) is 17.6. The largest absolute Gasteiger partial charge is 0.508 e. The predicted octanol–water partition coefficient (Wildman–Crippen LogP) is 3.85. The van der Waals surface area contributed by atoms with Crippen molar-refractivity contribution in [1.82, 2.24) is 10.9 Å². The number of hydrazine groups is 1. The van der Waals surface area contributed by atoms with E-state index in [1.165, 1.54) is 56.4 Å². The van der Waals surface area contributed by atoms with Crippen molar-refractivity contribution in [2.24, 2.45) is 0 Å². The maximum Gasteiger partial charge on any atom is 0.269 e. The van der Waals surface area contributed by atoms with Crippen LogP contribution < -0.4 is 10.9 Å². The van der Waals surface area contributed by atoms with Gasteiger partial charge in [-0.2, -0.15) is 0 Å². The lowest BCUT2D eigenvalue weighted by Crippen LogP contribution is -2.41. The van der Waals surface area contributed by atoms with E-state index in [2.05, 4.69) is 17.8 Å². The maximum atomic E-state index is 11.8. The Kier molecular flexibility index (Phi) is 10.0. The molecule has 5 heteroatoms. The molecule has 0 aliphatic heterocycles. The van der Waals surface area contributed by atoms with Gasteiger partial charge < -0.3 is 5.11 Å². The van der Waals surface area contributed by atoms with Crippen molar-refractivity contribution in [3.8, 4) is 5.75 Å². The third-order valence-electron chi connectivity index (χ3n) is 3.64. The lowest BCUT2D eigenvalue weighted by Gasteiger charge is -2.06. The van der Waals surface area contributed by atoms with E-state index in [-0.39, 0.29) is 18.1 Å². The van der Waals surface area contributed by atoms with Gasteiger partial charge in [0.25, 0.3) is 5.91 Å². The second-order valence-corrected chi connectivity index (χ2v) is 5.78. The molecule has 0 spiro atoms. The van der Waals surface area contributed by atoms with E-state index in [1.54, 1.807) is 0 Å². The molecule has 0 saturated heterocycles. The molecule has 0 bridgehead atoms. The van der Waals surface area contributed by atoms with Crippen LogP contribution in [-0.4, -0.2) is 16.9 Å². The summed E-state index contributed by atoms with van der Waals surface area (Å²) in [6.07, 6.45) is 12.6. The van der Waals surface area contributed by atoms with Crippen molar-refractivity contribution in [3.63, 3.8) is 0 Å². The van der Waals surface area contributed by atoms with Gasteiger partial charge >= 0.3 is 0 Å². The molecule has 0 unspecified atom stereocenters. The summed E-state index contributed by atoms with van der Waals surface area (Å²) >= 11 is 0. The number of amides is 2. The van der Waals surface area contributed by atoms with E-state index in [0.717, 1.165) is 12.8 Å². The highest BCUT2D eigenvalue weighted by Gasteiger charge is 2.06. The number of hydrogen-bond donors (Lipinski definition) is 3. The molecule has 2 amide bonds. The van der Waals surface area contributed by atoms with Crippen LogP contribution >= 0.6 is 0 Å². The fourth-order valence-electron chi connectivity index (χ4n) is 2.21. The Hall–Kier alpha value is -2.30. The van der Waals surface area contributed by atoms with Gasteiger partial charge in [0.1, 0.15) is 5.75 Å². The smallest absolute Gasteiger partial charge is 0.269 e. The molecule has 1 aromatic carbocycles. The number of phenols is 1. The summed E-state index contributed by atoms with van der Waals surface area (Å²) < 4.78 is 0. The Morgan fingerprint density at radius 1 is 0.958 bits per heavy atom. The normalized spacial score (nSPS) is 10.7. The van der Waals surface area contributed by atoms with Gasteiger partial charge in [-0.05, 0) is 37.1 Å². The minimum absolute atomic E-state index is 0.0890. The average Bonchev–Trinajstić information content (AvgIpc) is 2.59. The Balaban J connectivity index is 2.10. The van der Waals surface area contributed by atoms with E-state index in [1.807, 2.05) is 12.2 Å². The number of rotatable bonds is 10. The number of carbonyl (C=O) groups is 2. The molecule has 0 radical (unpaired) electrons. The number of nitrogens with one attached hydrogen (secondary N) is 2. The summed E-state index contributed by atoms with van der Waals surface area (Å²) in [4.78, 5) is 23.4. The average molecular weight is 332 g/mol. The van der Waals surface area contributed by atoms with Crippen molar-refractivity contribution >= 4 is 11.8 Å². The molecule has 0 heterocycles. The third-order valence-corrected chi connectivity index (χ3v) is 3.64. The molecule has 0 aliphatic rings. The first-order chi connectivity index (χ1) is 11.6. The summed E-state index contributed by atoms with van der Waals surface area (Å²) in [5.41, 5.74) is 5.08. The fraction of sp³-hybridized carbons (Fsp3) is 0.474. The fourth-order valence-corrected chi connectivity index (χ4v) is 2.21. The van der Waals surface area contributed by atoms with E-state index >= 15 is 0 Å². The summed E-state index contributed by atoms with van der Waals surface area (Å²) in [5, 5.41) is 9.16. The standard InChI is InChI=1S/C19H28N2O3/c1-2-3-4-5-6-7-8-9-10-11-18(23)20-21-19(24)16-12-14-17(22)15-13-16/h9-10,12-15,22H,2-8,11H2,1H3,(H,20,23)(H,21,24)/b10-9+. The number of phenolic OH excluding ortho intramolecular Hbond substituents is 1. The third kappa shape index (κ3) is 8.98. The zero-order valence-electron chi connectivity index (χ0n) is 14.4. The number of unbranched alkanes of at least 4 members (excludes halogenated alkanes) is 6. The first kappa shape index (κ1) is 19.7. The van der Waals surface area contributed by atoms with Crippen LogP contribution in [-0.2, 0) is 4.79 Å². The molecule has 24 heavy (non-hydrogen) atoms. The van der Waals surface area contributed by atoms with E-state index in [4.69, 9.17) is 5.11 Å². The van der Waals surface area contributed by atoms with Crippen LogP contribution in [0.3, 0.4) is 0 Å². The Labute approximate surface area is 144 Å². The SMILES string of the molecule is CCCCCCCC/C=C/CC(=O)NNC(=O)c1ccc(O)cc1. The number of carbonyl (C=O) groups excluding carboxylic acids is 2. The molecular formula is C19H28N2O3. The van der Waals surface area contributed by atoms with Gasteiger partial charge in [0.2, 0.25) is 5.91 Å². The van der Waals surface area contributed by atoms with Gasteiger partial charge in [0, 0.05) is 12.0 Å². The summed E-state index contributed by atoms with van der Waals surface area (Å²) in [5.74, 6) is -0.591. The Morgan fingerprint density at radius 2 is 1.62 bits per heavy atom. The number of hydrogen-bond acceptors (Lipinski definition) is 3. The summed E-state index contributed by atoms with van der Waals surface area (Å²) in [7, 11) is 0. The van der Waals surface area contributed by atoms with Gasteiger partial charge in [0.15, 0.2) is 0 Å². The number of allylic oxidation sites excluding steroid dienone is 1. The van der Waals surface area contributed by atoms with Crippen molar-refractivity contribution < 1.29 is 14.7 Å². The minimum atomic E-state index is -0.417. The molecule has 3 N–H and O–H groups in total. The van der Waals surface area contributed by atoms with Crippen LogP contribution in [0.5, 0.6) is 5.75 Å². The predicted molar refractivity (Wildman–Crippen MR) is 95.5 cm³/mol. The van der Waals surface area contributed by atoms with Gasteiger partial charge in [0.05, 0.1) is 0 Å². The van der Waals surface area contributed by atoms with Crippen molar-refractivity contribution in [2.45, 2.75) is 58.3 Å². The highest BCUT2D eigenvalue weighted by molar-refractivity contribution is 5.95. The van der Waals surface area contributed by atoms with Gasteiger partial charge in [-0.15, -0.1) is 0 Å². The van der Waals surface area contributed by atoms with Gasteiger partial charge in [-0.3, -0.25) is 20.4 Å². The van der Waals surface area contributed by atoms with Crippen molar-refractivity contribution in [1.29, 1.82) is 0 Å². The van der Waals surface area contributed by atoms with Crippen LogP contribution in [0.4, 0.5) is 0 Å². The molecule has 0 fully saturated rings. The molecule has 5 nitrogen and oxygen atoms in total. The number of benzene rings is 1. The van der Waals surface area contributed by atoms with Crippen molar-refractivity contribution in [2.75, 3.05) is 0 Å². The van der Waals surface area contributed by atoms with E-state index < -0.39 is 5.91 Å². The Bertz CT molecular complexity index is 524. The topological polar surface area (TPSA) is 78.4 Å². The van der Waals surface area contributed by atoms with Crippen LogP contribution in [0.25, 0.3) is 0 Å².